The van der Waals surface area contributed by atoms with E-state index in [-0.39, 0.29) is 30.1 Å². The van der Waals surface area contributed by atoms with Crippen LogP contribution in [0.1, 0.15) is 80.6 Å². The molecule has 1 saturated carbocycles. The number of nitrogens with one attached hydrogen (secondary N) is 3. The van der Waals surface area contributed by atoms with Crippen molar-refractivity contribution >= 4 is 23.9 Å². The molecule has 0 spiro atoms. The Kier molecular flexibility index (Phi) is 12.0. The van der Waals surface area contributed by atoms with Crippen molar-refractivity contribution < 1.29 is 33.8 Å². The maximum Gasteiger partial charge on any atom is 0.408 e. The van der Waals surface area contributed by atoms with Crippen LogP contribution in [0.4, 0.5) is 4.79 Å². The van der Waals surface area contributed by atoms with Crippen molar-refractivity contribution in [1.29, 1.82) is 0 Å². The van der Waals surface area contributed by atoms with Crippen LogP contribution >= 0.6 is 0 Å². The number of methoxy groups -OCH3 is 1. The van der Waals surface area contributed by atoms with Crippen molar-refractivity contribution in [3.05, 3.63) is 0 Å². The number of carbonyl (C=O) groups is 4. The molecule has 0 heterocycles. The van der Waals surface area contributed by atoms with E-state index in [1.165, 1.54) is 7.11 Å². The van der Waals surface area contributed by atoms with E-state index in [1.807, 2.05) is 27.7 Å². The number of aliphatic hydroxyl groups excluding tert-OH is 1. The highest BCUT2D eigenvalue weighted by Crippen LogP contribution is 2.29. The van der Waals surface area contributed by atoms with Gasteiger partial charge in [0.05, 0.1) is 19.3 Å². The third-order valence-corrected chi connectivity index (χ3v) is 6.21. The van der Waals surface area contributed by atoms with E-state index < -0.39 is 47.8 Å². The van der Waals surface area contributed by atoms with Crippen LogP contribution < -0.4 is 16.0 Å². The Morgan fingerprint density at radius 2 is 1.69 bits per heavy atom. The molecule has 202 valence electrons. The Labute approximate surface area is 209 Å². The van der Waals surface area contributed by atoms with E-state index in [2.05, 4.69) is 16.0 Å². The van der Waals surface area contributed by atoms with Gasteiger partial charge in [-0.25, -0.2) is 9.59 Å². The number of hydrogen-bond donors (Lipinski definition) is 4. The van der Waals surface area contributed by atoms with E-state index in [1.54, 1.807) is 20.8 Å². The predicted octanol–water partition coefficient (Wildman–Crippen LogP) is 2.28. The van der Waals surface area contributed by atoms with Gasteiger partial charge in [-0.05, 0) is 57.8 Å². The molecule has 1 rings (SSSR count). The van der Waals surface area contributed by atoms with Crippen LogP contribution in [0, 0.1) is 17.8 Å². The number of aliphatic hydroxyl groups is 1. The van der Waals surface area contributed by atoms with E-state index in [9.17, 15) is 24.3 Å². The van der Waals surface area contributed by atoms with E-state index in [4.69, 9.17) is 9.47 Å². The van der Waals surface area contributed by atoms with Crippen molar-refractivity contribution in [2.75, 3.05) is 7.11 Å². The Balaban J connectivity index is 2.74. The molecule has 35 heavy (non-hydrogen) atoms. The SMILES string of the molecule is CC[C@H](C)[C@H](NC(=O)OC(C)(C)C)C(=O)N[C@H]1CC[C@@H](CC(=O)N[C@@H](CC(C)C)C(=O)OC)[C@@H]1O. The molecule has 0 aromatic heterocycles. The van der Waals surface area contributed by atoms with Gasteiger partial charge < -0.3 is 30.5 Å². The minimum atomic E-state index is -0.925. The molecule has 0 aromatic carbocycles. The molecule has 0 bridgehead atoms. The minimum Gasteiger partial charge on any atom is -0.467 e. The molecule has 1 aliphatic rings. The van der Waals surface area contributed by atoms with Crippen molar-refractivity contribution in [1.82, 2.24) is 16.0 Å². The summed E-state index contributed by atoms with van der Waals surface area (Å²) in [5.74, 6) is -1.58. The van der Waals surface area contributed by atoms with Gasteiger partial charge in [0.25, 0.3) is 0 Å². The fraction of sp³-hybridized carbons (Fsp3) is 0.840. The molecule has 10 nitrogen and oxygen atoms in total. The number of amides is 3. The topological polar surface area (TPSA) is 143 Å². The molecule has 0 radical (unpaired) electrons. The van der Waals surface area contributed by atoms with E-state index in [0.29, 0.717) is 25.7 Å². The first-order chi connectivity index (χ1) is 16.2. The highest BCUT2D eigenvalue weighted by atomic mass is 16.6. The number of rotatable bonds is 11. The molecule has 0 unspecified atom stereocenters. The Morgan fingerprint density at radius 1 is 1.06 bits per heavy atom. The smallest absolute Gasteiger partial charge is 0.408 e. The second-order valence-corrected chi connectivity index (χ2v) is 10.9. The van der Waals surface area contributed by atoms with E-state index >= 15 is 0 Å². The molecule has 0 aromatic rings. The highest BCUT2D eigenvalue weighted by Gasteiger charge is 2.39. The second-order valence-electron chi connectivity index (χ2n) is 10.9. The number of esters is 1. The molecule has 0 saturated heterocycles. The minimum absolute atomic E-state index is 0.0318. The zero-order valence-electron chi connectivity index (χ0n) is 22.5. The van der Waals surface area contributed by atoms with Crippen LogP contribution in [-0.4, -0.2) is 65.9 Å². The first-order valence-corrected chi connectivity index (χ1v) is 12.5. The monoisotopic (exact) mass is 499 g/mol. The molecular weight excluding hydrogens is 454 g/mol. The third kappa shape index (κ3) is 10.4. The zero-order valence-corrected chi connectivity index (χ0v) is 22.5. The summed E-state index contributed by atoms with van der Waals surface area (Å²) in [5.41, 5.74) is -0.696. The van der Waals surface area contributed by atoms with Crippen molar-refractivity contribution in [3.8, 4) is 0 Å². The maximum atomic E-state index is 13.0. The number of alkyl carbamates (subject to hydrolysis) is 1. The van der Waals surface area contributed by atoms with Crippen molar-refractivity contribution in [2.45, 2.75) is 110 Å². The number of hydrogen-bond acceptors (Lipinski definition) is 7. The molecule has 4 N–H and O–H groups in total. The quantitative estimate of drug-likeness (QED) is 0.319. The summed E-state index contributed by atoms with van der Waals surface area (Å²) in [5, 5.41) is 19.0. The molecule has 10 heteroatoms. The highest BCUT2D eigenvalue weighted by molar-refractivity contribution is 5.86. The van der Waals surface area contributed by atoms with Gasteiger partial charge in [0, 0.05) is 6.42 Å². The molecule has 3 amide bonds. The summed E-state index contributed by atoms with van der Waals surface area (Å²) in [7, 11) is 1.28. The fourth-order valence-electron chi connectivity index (χ4n) is 4.17. The molecule has 0 aliphatic heterocycles. The van der Waals surface area contributed by atoms with Gasteiger partial charge in [0.2, 0.25) is 11.8 Å². The molecular formula is C25H45N3O7. The van der Waals surface area contributed by atoms with Crippen molar-refractivity contribution in [2.24, 2.45) is 17.8 Å². The van der Waals surface area contributed by atoms with Crippen LogP contribution in [0.5, 0.6) is 0 Å². The lowest BCUT2D eigenvalue weighted by atomic mass is 9.97. The summed E-state index contributed by atoms with van der Waals surface area (Å²) in [6.07, 6.45) is 0.570. The molecule has 1 aliphatic carbocycles. The molecule has 6 atom stereocenters. The second kappa shape index (κ2) is 13.7. The zero-order chi connectivity index (χ0) is 26.9. The van der Waals surface area contributed by atoms with Gasteiger partial charge in [0.1, 0.15) is 17.7 Å². The van der Waals surface area contributed by atoms with Gasteiger partial charge in [-0.2, -0.15) is 0 Å². The Bertz CT molecular complexity index is 735. The lowest BCUT2D eigenvalue weighted by Crippen LogP contribution is -2.54. The maximum absolute atomic E-state index is 13.0. The third-order valence-electron chi connectivity index (χ3n) is 6.21. The van der Waals surface area contributed by atoms with Crippen LogP contribution in [0.2, 0.25) is 0 Å². The van der Waals surface area contributed by atoms with Crippen LogP contribution in [0.15, 0.2) is 0 Å². The van der Waals surface area contributed by atoms with Crippen molar-refractivity contribution in [3.63, 3.8) is 0 Å². The summed E-state index contributed by atoms with van der Waals surface area (Å²) in [4.78, 5) is 49.8. The summed E-state index contributed by atoms with van der Waals surface area (Å²) in [6, 6.07) is -2.10. The standard InChI is InChI=1S/C25H45N3O7/c1-9-15(4)20(28-24(33)35-25(5,6)7)22(31)27-17-11-10-16(21(17)30)13-19(29)26-18(12-14(2)3)23(32)34-8/h14-18,20-21,30H,9-13H2,1-8H3,(H,26,29)(H,27,31)(H,28,33)/t15-,16-,17-,18-,20-,21-/m0/s1. The Morgan fingerprint density at radius 3 is 2.20 bits per heavy atom. The van der Waals surface area contributed by atoms with Crippen LogP contribution in [0.3, 0.4) is 0 Å². The van der Waals surface area contributed by atoms with Gasteiger partial charge in [-0.3, -0.25) is 9.59 Å². The average molecular weight is 500 g/mol. The predicted molar refractivity (Wildman–Crippen MR) is 131 cm³/mol. The number of ether oxygens (including phenoxy) is 2. The normalized spacial score (nSPS) is 22.6. The van der Waals surface area contributed by atoms with Gasteiger partial charge in [0.15, 0.2) is 0 Å². The summed E-state index contributed by atoms with van der Waals surface area (Å²) in [6.45, 7) is 12.9. The Hall–Kier alpha value is -2.36. The summed E-state index contributed by atoms with van der Waals surface area (Å²) < 4.78 is 10.1. The largest absolute Gasteiger partial charge is 0.467 e. The lowest BCUT2D eigenvalue weighted by molar-refractivity contribution is -0.145. The first-order valence-electron chi connectivity index (χ1n) is 12.5. The van der Waals surface area contributed by atoms with E-state index in [0.717, 1.165) is 0 Å². The van der Waals surface area contributed by atoms with Gasteiger partial charge in [-0.15, -0.1) is 0 Å². The van der Waals surface area contributed by atoms with Crippen LogP contribution in [0.25, 0.3) is 0 Å². The van der Waals surface area contributed by atoms with Crippen LogP contribution in [-0.2, 0) is 23.9 Å². The fourth-order valence-corrected chi connectivity index (χ4v) is 4.17. The first kappa shape index (κ1) is 30.7. The lowest BCUT2D eigenvalue weighted by Gasteiger charge is -2.28. The van der Waals surface area contributed by atoms with Gasteiger partial charge in [-0.1, -0.05) is 34.1 Å². The number of carbonyl (C=O) groups excluding carboxylic acids is 4. The van der Waals surface area contributed by atoms with Gasteiger partial charge >= 0.3 is 12.1 Å². The average Bonchev–Trinajstić information content (AvgIpc) is 3.07. The summed E-state index contributed by atoms with van der Waals surface area (Å²) >= 11 is 0. The molecule has 1 fully saturated rings.